The number of nitrogens with one attached hydrogen (secondary N) is 1. The Hall–Kier alpha value is -3.33. The maximum Gasteiger partial charge on any atom is 0.266 e. The van der Waals surface area contributed by atoms with Crippen molar-refractivity contribution in [3.63, 3.8) is 0 Å². The van der Waals surface area contributed by atoms with Gasteiger partial charge in [-0.2, -0.15) is 5.26 Å². The van der Waals surface area contributed by atoms with Crippen molar-refractivity contribution >= 4 is 23.4 Å². The number of fused-ring (bicyclic) bond motifs is 1. The summed E-state index contributed by atoms with van der Waals surface area (Å²) in [7, 11) is 0. The fraction of sp³-hybridized carbons (Fsp3) is 0.407. The summed E-state index contributed by atoms with van der Waals surface area (Å²) >= 11 is 0. The monoisotopic (exact) mass is 449 g/mol. The van der Waals surface area contributed by atoms with Crippen molar-refractivity contribution in [3.05, 3.63) is 58.9 Å². The molecule has 6 heteroatoms. The zero-order valence-corrected chi connectivity index (χ0v) is 20.0. The van der Waals surface area contributed by atoms with Crippen LogP contribution < -0.4 is 15.0 Å². The Bertz CT molecular complexity index is 1080. The molecule has 1 heterocycles. The number of carbonyl (C=O) groups excluding carboxylic acids is 1. The van der Waals surface area contributed by atoms with Crippen molar-refractivity contribution in [1.82, 2.24) is 0 Å². The van der Waals surface area contributed by atoms with E-state index in [-0.39, 0.29) is 22.6 Å². The SMILES string of the molecule is CCCN1c2cc(F)c(/C=C(\C#N)C(=O)Nc3ccc(OCC)cc3)cc2C(C)CC1(C)C. The first-order valence-electron chi connectivity index (χ1n) is 11.5. The van der Waals surface area contributed by atoms with Gasteiger partial charge in [0.25, 0.3) is 5.91 Å². The van der Waals surface area contributed by atoms with E-state index in [1.807, 2.05) is 13.0 Å². The van der Waals surface area contributed by atoms with E-state index < -0.39 is 11.7 Å². The van der Waals surface area contributed by atoms with E-state index in [1.54, 1.807) is 36.4 Å². The van der Waals surface area contributed by atoms with E-state index in [9.17, 15) is 10.1 Å². The highest BCUT2D eigenvalue weighted by Crippen LogP contribution is 2.44. The Balaban J connectivity index is 1.90. The number of ether oxygens (including phenoxy) is 1. The number of hydrogen-bond donors (Lipinski definition) is 1. The second-order valence-electron chi connectivity index (χ2n) is 9.08. The topological polar surface area (TPSA) is 65.4 Å². The highest BCUT2D eigenvalue weighted by atomic mass is 19.1. The molecule has 33 heavy (non-hydrogen) atoms. The molecule has 2 aromatic carbocycles. The molecule has 174 valence electrons. The molecule has 1 aliphatic rings. The van der Waals surface area contributed by atoms with Gasteiger partial charge >= 0.3 is 0 Å². The van der Waals surface area contributed by atoms with E-state index in [4.69, 9.17) is 4.74 Å². The van der Waals surface area contributed by atoms with Gasteiger partial charge in [-0.3, -0.25) is 4.79 Å². The number of amides is 1. The summed E-state index contributed by atoms with van der Waals surface area (Å²) < 4.78 is 20.5. The van der Waals surface area contributed by atoms with Gasteiger partial charge in [-0.25, -0.2) is 4.39 Å². The molecule has 1 atom stereocenters. The quantitative estimate of drug-likeness (QED) is 0.399. The van der Waals surface area contributed by atoms with Gasteiger partial charge in [0.15, 0.2) is 0 Å². The summed E-state index contributed by atoms with van der Waals surface area (Å²) in [6, 6.07) is 12.1. The summed E-state index contributed by atoms with van der Waals surface area (Å²) in [6.45, 7) is 11.9. The molecule has 0 saturated carbocycles. The van der Waals surface area contributed by atoms with Gasteiger partial charge in [0.1, 0.15) is 23.2 Å². The van der Waals surface area contributed by atoms with Gasteiger partial charge in [0, 0.05) is 29.0 Å². The lowest BCUT2D eigenvalue weighted by Gasteiger charge is -2.47. The average molecular weight is 450 g/mol. The summed E-state index contributed by atoms with van der Waals surface area (Å²) in [5.41, 5.74) is 2.49. The highest BCUT2D eigenvalue weighted by Gasteiger charge is 2.36. The molecule has 1 amide bonds. The largest absolute Gasteiger partial charge is 0.494 e. The molecule has 0 aromatic heterocycles. The normalized spacial score (nSPS) is 17.2. The second kappa shape index (κ2) is 10.1. The molecular formula is C27H32FN3O2. The molecule has 3 rings (SSSR count). The molecule has 0 spiro atoms. The molecule has 5 nitrogen and oxygen atoms in total. The Morgan fingerprint density at radius 3 is 2.61 bits per heavy atom. The van der Waals surface area contributed by atoms with Crippen molar-refractivity contribution in [2.45, 2.75) is 58.9 Å². The minimum Gasteiger partial charge on any atom is -0.494 e. The number of nitriles is 1. The molecule has 0 aliphatic carbocycles. The van der Waals surface area contributed by atoms with Crippen LogP contribution in [0.5, 0.6) is 5.75 Å². The number of nitrogens with zero attached hydrogens (tertiary/aromatic N) is 2. The minimum absolute atomic E-state index is 0.0678. The number of carbonyl (C=O) groups is 1. The third-order valence-electron chi connectivity index (χ3n) is 6.04. The van der Waals surface area contributed by atoms with Crippen LogP contribution in [0.25, 0.3) is 6.08 Å². The van der Waals surface area contributed by atoms with Crippen LogP contribution in [0.4, 0.5) is 15.8 Å². The van der Waals surface area contributed by atoms with Crippen LogP contribution in [0.1, 0.15) is 64.5 Å². The summed E-state index contributed by atoms with van der Waals surface area (Å²) in [4.78, 5) is 14.9. The molecule has 1 N–H and O–H groups in total. The lowest BCUT2D eigenvalue weighted by atomic mass is 9.79. The molecular weight excluding hydrogens is 417 g/mol. The first kappa shape index (κ1) is 24.3. The first-order chi connectivity index (χ1) is 15.7. The summed E-state index contributed by atoms with van der Waals surface area (Å²) in [6.07, 6.45) is 3.24. The standard InChI is InChI=1S/C27H32FN3O2/c1-6-12-31-25-15-24(28)19(14-23(25)18(3)16-27(31,4)5)13-20(17-29)26(32)30-21-8-10-22(11-9-21)33-7-2/h8-11,13-15,18H,6-7,12,16H2,1-5H3,(H,30,32)/b20-13+. The van der Waals surface area contributed by atoms with Crippen molar-refractivity contribution in [3.8, 4) is 11.8 Å². The van der Waals surface area contributed by atoms with Gasteiger partial charge in [-0.15, -0.1) is 0 Å². The van der Waals surface area contributed by atoms with Crippen molar-refractivity contribution in [2.75, 3.05) is 23.4 Å². The van der Waals surface area contributed by atoms with Crippen LogP contribution in [0.2, 0.25) is 0 Å². The average Bonchev–Trinajstić information content (AvgIpc) is 2.76. The van der Waals surface area contributed by atoms with Gasteiger partial charge in [-0.05, 0) is 87.6 Å². The first-order valence-corrected chi connectivity index (χ1v) is 11.5. The zero-order valence-electron chi connectivity index (χ0n) is 20.0. The Kier molecular flexibility index (Phi) is 7.43. The van der Waals surface area contributed by atoms with Crippen molar-refractivity contribution in [1.29, 1.82) is 5.26 Å². The molecule has 0 saturated heterocycles. The van der Waals surface area contributed by atoms with E-state index >= 15 is 4.39 Å². The lowest BCUT2D eigenvalue weighted by molar-refractivity contribution is -0.112. The second-order valence-corrected chi connectivity index (χ2v) is 9.08. The smallest absolute Gasteiger partial charge is 0.266 e. The maximum atomic E-state index is 15.1. The summed E-state index contributed by atoms with van der Waals surface area (Å²) in [5.74, 6) is -0.0990. The van der Waals surface area contributed by atoms with Crippen LogP contribution in [0.15, 0.2) is 42.0 Å². The number of hydrogen-bond acceptors (Lipinski definition) is 4. The van der Waals surface area contributed by atoms with Crippen LogP contribution in [0.3, 0.4) is 0 Å². The van der Waals surface area contributed by atoms with E-state index in [1.165, 1.54) is 6.08 Å². The lowest BCUT2D eigenvalue weighted by Crippen LogP contribution is -2.48. The Labute approximate surface area is 195 Å². The minimum atomic E-state index is -0.583. The fourth-order valence-electron chi connectivity index (χ4n) is 4.58. The predicted octanol–water partition coefficient (Wildman–Crippen LogP) is 6.27. The van der Waals surface area contributed by atoms with Gasteiger partial charge in [0.2, 0.25) is 0 Å². The third-order valence-corrected chi connectivity index (χ3v) is 6.04. The third kappa shape index (κ3) is 5.36. The van der Waals surface area contributed by atoms with Gasteiger partial charge in [-0.1, -0.05) is 13.8 Å². The molecule has 1 unspecified atom stereocenters. The van der Waals surface area contributed by atoms with E-state index in [0.717, 1.165) is 30.6 Å². The van der Waals surface area contributed by atoms with Crippen molar-refractivity contribution in [2.24, 2.45) is 0 Å². The fourth-order valence-corrected chi connectivity index (χ4v) is 4.58. The maximum absolute atomic E-state index is 15.1. The zero-order chi connectivity index (χ0) is 24.2. The summed E-state index contributed by atoms with van der Waals surface area (Å²) in [5, 5.41) is 12.3. The molecule has 0 fully saturated rings. The van der Waals surface area contributed by atoms with Crippen LogP contribution in [-0.4, -0.2) is 24.6 Å². The number of anilines is 2. The van der Waals surface area contributed by atoms with E-state index in [2.05, 4.69) is 37.9 Å². The number of benzene rings is 2. The van der Waals surface area contributed by atoms with Gasteiger partial charge < -0.3 is 15.0 Å². The predicted molar refractivity (Wildman–Crippen MR) is 131 cm³/mol. The van der Waals surface area contributed by atoms with Crippen molar-refractivity contribution < 1.29 is 13.9 Å². The molecule has 2 aromatic rings. The van der Waals surface area contributed by atoms with E-state index in [0.29, 0.717) is 18.0 Å². The van der Waals surface area contributed by atoms with Crippen LogP contribution >= 0.6 is 0 Å². The van der Waals surface area contributed by atoms with Crippen LogP contribution in [0, 0.1) is 17.1 Å². The molecule has 0 radical (unpaired) electrons. The molecule has 1 aliphatic heterocycles. The number of halogens is 1. The molecule has 0 bridgehead atoms. The van der Waals surface area contributed by atoms with Gasteiger partial charge in [0.05, 0.1) is 6.61 Å². The number of rotatable bonds is 7. The Morgan fingerprint density at radius 2 is 2.00 bits per heavy atom. The Morgan fingerprint density at radius 1 is 1.30 bits per heavy atom. The van der Waals surface area contributed by atoms with Crippen LogP contribution in [-0.2, 0) is 4.79 Å². The highest BCUT2D eigenvalue weighted by molar-refractivity contribution is 6.09.